The molecule has 0 radical (unpaired) electrons. The number of hydrogen-bond donors (Lipinski definition) is 1. The number of rotatable bonds is 4. The quantitative estimate of drug-likeness (QED) is 0.880. The third-order valence-corrected chi connectivity index (χ3v) is 2.77. The van der Waals surface area contributed by atoms with Crippen LogP contribution in [0.1, 0.15) is 35.6 Å². The number of aliphatic hydroxyl groups excluding tert-OH is 1. The van der Waals surface area contributed by atoms with Crippen molar-refractivity contribution in [3.05, 3.63) is 53.2 Å². The van der Waals surface area contributed by atoms with Crippen LogP contribution in [0.3, 0.4) is 0 Å². The zero-order chi connectivity index (χ0) is 12.3. The van der Waals surface area contributed by atoms with Gasteiger partial charge in [0.1, 0.15) is 5.76 Å². The summed E-state index contributed by atoms with van der Waals surface area (Å²) >= 11 is 0. The maximum atomic E-state index is 9.04. The van der Waals surface area contributed by atoms with Crippen LogP contribution in [-0.4, -0.2) is 16.7 Å². The van der Waals surface area contributed by atoms with Crippen LogP contribution in [-0.2, 0) is 6.42 Å². The molecule has 0 amide bonds. The first-order valence-corrected chi connectivity index (χ1v) is 5.80. The third kappa shape index (κ3) is 2.94. The number of aliphatic hydroxyl groups is 1. The minimum absolute atomic E-state index is 0.00811. The van der Waals surface area contributed by atoms with Crippen LogP contribution < -0.4 is 0 Å². The van der Waals surface area contributed by atoms with Gasteiger partial charge in [-0.1, -0.05) is 36.8 Å². The van der Waals surface area contributed by atoms with Crippen LogP contribution in [0.5, 0.6) is 0 Å². The summed E-state index contributed by atoms with van der Waals surface area (Å²) in [5.41, 5.74) is 2.42. The first kappa shape index (κ1) is 11.9. The predicted octanol–water partition coefficient (Wildman–Crippen LogP) is 2.67. The standard InChI is InChI=1S/C14H17NO2/c1-10-4-3-5-12(6-10)7-14-15-8-13(17-14)11(2)9-16/h3-6,8,11,16H,7,9H2,1-2H3. The van der Waals surface area contributed by atoms with Gasteiger partial charge in [0, 0.05) is 12.3 Å². The molecule has 3 nitrogen and oxygen atoms in total. The summed E-state index contributed by atoms with van der Waals surface area (Å²) in [5.74, 6) is 1.45. The molecule has 1 aromatic carbocycles. The van der Waals surface area contributed by atoms with Crippen molar-refractivity contribution in [2.24, 2.45) is 0 Å². The Kier molecular flexibility index (Phi) is 3.59. The average Bonchev–Trinajstić information content (AvgIpc) is 2.76. The molecule has 1 atom stereocenters. The molecule has 17 heavy (non-hydrogen) atoms. The largest absolute Gasteiger partial charge is 0.445 e. The Hall–Kier alpha value is -1.61. The Bertz CT molecular complexity index is 490. The molecule has 1 unspecified atom stereocenters. The highest BCUT2D eigenvalue weighted by atomic mass is 16.4. The van der Waals surface area contributed by atoms with E-state index in [4.69, 9.17) is 9.52 Å². The first-order valence-electron chi connectivity index (χ1n) is 5.80. The minimum atomic E-state index is 0.00811. The molecule has 3 heteroatoms. The van der Waals surface area contributed by atoms with Gasteiger partial charge in [0.15, 0.2) is 5.89 Å². The number of oxazole rings is 1. The number of nitrogens with zero attached hydrogens (tertiary/aromatic N) is 1. The monoisotopic (exact) mass is 231 g/mol. The summed E-state index contributed by atoms with van der Waals surface area (Å²) in [6.45, 7) is 4.06. The normalized spacial score (nSPS) is 12.6. The lowest BCUT2D eigenvalue weighted by Crippen LogP contribution is -1.96. The Morgan fingerprint density at radius 3 is 2.94 bits per heavy atom. The third-order valence-electron chi connectivity index (χ3n) is 2.77. The van der Waals surface area contributed by atoms with Crippen molar-refractivity contribution in [3.63, 3.8) is 0 Å². The zero-order valence-electron chi connectivity index (χ0n) is 10.2. The fraction of sp³-hybridized carbons (Fsp3) is 0.357. The van der Waals surface area contributed by atoms with Crippen molar-refractivity contribution in [2.45, 2.75) is 26.2 Å². The molecule has 0 bridgehead atoms. The van der Waals surface area contributed by atoms with Crippen LogP contribution in [0, 0.1) is 6.92 Å². The molecule has 1 aromatic heterocycles. The van der Waals surface area contributed by atoms with Crippen molar-refractivity contribution in [1.29, 1.82) is 0 Å². The SMILES string of the molecule is Cc1cccc(Cc2ncc(C(C)CO)o2)c1. The van der Waals surface area contributed by atoms with Gasteiger partial charge in [0.25, 0.3) is 0 Å². The Morgan fingerprint density at radius 1 is 1.41 bits per heavy atom. The van der Waals surface area contributed by atoms with E-state index in [1.54, 1.807) is 6.20 Å². The van der Waals surface area contributed by atoms with Crippen molar-refractivity contribution < 1.29 is 9.52 Å². The summed E-state index contributed by atoms with van der Waals surface area (Å²) in [6, 6.07) is 8.29. The van der Waals surface area contributed by atoms with E-state index in [2.05, 4.69) is 30.1 Å². The molecule has 90 valence electrons. The van der Waals surface area contributed by atoms with E-state index < -0.39 is 0 Å². The van der Waals surface area contributed by atoms with Gasteiger partial charge in [-0.2, -0.15) is 0 Å². The molecular weight excluding hydrogens is 214 g/mol. The highest BCUT2D eigenvalue weighted by Crippen LogP contribution is 2.17. The van der Waals surface area contributed by atoms with E-state index in [1.807, 2.05) is 13.0 Å². The van der Waals surface area contributed by atoms with Gasteiger partial charge in [0.2, 0.25) is 0 Å². The molecule has 2 rings (SSSR count). The first-order chi connectivity index (χ1) is 8.19. The minimum Gasteiger partial charge on any atom is -0.445 e. The lowest BCUT2D eigenvalue weighted by molar-refractivity contribution is 0.255. The summed E-state index contributed by atoms with van der Waals surface area (Å²) < 4.78 is 5.61. The highest BCUT2D eigenvalue weighted by molar-refractivity contribution is 5.24. The van der Waals surface area contributed by atoms with Crippen molar-refractivity contribution in [3.8, 4) is 0 Å². The van der Waals surface area contributed by atoms with E-state index in [-0.39, 0.29) is 12.5 Å². The highest BCUT2D eigenvalue weighted by Gasteiger charge is 2.10. The van der Waals surface area contributed by atoms with Gasteiger partial charge in [0.05, 0.1) is 12.8 Å². The van der Waals surface area contributed by atoms with E-state index in [0.29, 0.717) is 12.3 Å². The molecule has 2 aromatic rings. The summed E-state index contributed by atoms with van der Waals surface area (Å²) in [4.78, 5) is 4.23. The average molecular weight is 231 g/mol. The molecule has 1 N–H and O–H groups in total. The van der Waals surface area contributed by atoms with Gasteiger partial charge in [-0.05, 0) is 12.5 Å². The van der Waals surface area contributed by atoms with Crippen molar-refractivity contribution >= 4 is 0 Å². The van der Waals surface area contributed by atoms with Gasteiger partial charge < -0.3 is 9.52 Å². The fourth-order valence-corrected chi connectivity index (χ4v) is 1.72. The van der Waals surface area contributed by atoms with Crippen LogP contribution in [0.4, 0.5) is 0 Å². The number of aryl methyl sites for hydroxylation is 1. The predicted molar refractivity (Wildman–Crippen MR) is 66.0 cm³/mol. The van der Waals surface area contributed by atoms with Gasteiger partial charge in [-0.3, -0.25) is 0 Å². The smallest absolute Gasteiger partial charge is 0.198 e. The maximum Gasteiger partial charge on any atom is 0.198 e. The molecule has 0 saturated heterocycles. The Balaban J connectivity index is 2.11. The molecule has 0 fully saturated rings. The van der Waals surface area contributed by atoms with E-state index >= 15 is 0 Å². The topological polar surface area (TPSA) is 46.3 Å². The maximum absolute atomic E-state index is 9.04. The number of hydrogen-bond acceptors (Lipinski definition) is 3. The van der Waals surface area contributed by atoms with Gasteiger partial charge in [-0.25, -0.2) is 4.98 Å². The second kappa shape index (κ2) is 5.15. The van der Waals surface area contributed by atoms with E-state index in [9.17, 15) is 0 Å². The zero-order valence-corrected chi connectivity index (χ0v) is 10.2. The lowest BCUT2D eigenvalue weighted by Gasteiger charge is -2.02. The molecule has 0 spiro atoms. The van der Waals surface area contributed by atoms with Crippen LogP contribution >= 0.6 is 0 Å². The van der Waals surface area contributed by atoms with Crippen molar-refractivity contribution in [1.82, 2.24) is 4.98 Å². The summed E-state index contributed by atoms with van der Waals surface area (Å²) in [7, 11) is 0. The van der Waals surface area contributed by atoms with Crippen molar-refractivity contribution in [2.75, 3.05) is 6.61 Å². The lowest BCUT2D eigenvalue weighted by atomic mass is 10.1. The number of benzene rings is 1. The number of aromatic nitrogens is 1. The molecule has 1 heterocycles. The fourth-order valence-electron chi connectivity index (χ4n) is 1.72. The Labute approximate surface area is 101 Å². The van der Waals surface area contributed by atoms with Gasteiger partial charge in [-0.15, -0.1) is 0 Å². The van der Waals surface area contributed by atoms with Crippen LogP contribution in [0.2, 0.25) is 0 Å². The van der Waals surface area contributed by atoms with Gasteiger partial charge >= 0.3 is 0 Å². The molecular formula is C14H17NO2. The molecule has 0 aliphatic carbocycles. The second-order valence-corrected chi connectivity index (χ2v) is 4.41. The van der Waals surface area contributed by atoms with E-state index in [1.165, 1.54) is 11.1 Å². The molecule has 0 aliphatic rings. The van der Waals surface area contributed by atoms with Crippen LogP contribution in [0.15, 0.2) is 34.9 Å². The summed E-state index contributed by atoms with van der Waals surface area (Å²) in [6.07, 6.45) is 2.39. The van der Waals surface area contributed by atoms with Crippen LogP contribution in [0.25, 0.3) is 0 Å². The van der Waals surface area contributed by atoms with E-state index in [0.717, 1.165) is 5.76 Å². The molecule has 0 saturated carbocycles. The Morgan fingerprint density at radius 2 is 2.24 bits per heavy atom. The second-order valence-electron chi connectivity index (χ2n) is 4.41. The summed E-state index contributed by atoms with van der Waals surface area (Å²) in [5, 5.41) is 9.04. The molecule has 0 aliphatic heterocycles.